The van der Waals surface area contributed by atoms with Crippen molar-refractivity contribution in [2.75, 3.05) is 0 Å². The average Bonchev–Trinajstić information content (AvgIpc) is 2.65. The third kappa shape index (κ3) is 2.05. The highest BCUT2D eigenvalue weighted by molar-refractivity contribution is 6.32. The number of hydrogen-bond acceptors (Lipinski definition) is 2. The number of carbonyl (C=O) groups excluding carboxylic acids is 2. The van der Waals surface area contributed by atoms with Crippen LogP contribution in [0.15, 0.2) is 18.2 Å². The molecule has 1 aromatic carbocycles. The van der Waals surface area contributed by atoms with Crippen LogP contribution in [-0.2, 0) is 9.59 Å². The zero-order chi connectivity index (χ0) is 14.3. The number of halogens is 1. The van der Waals surface area contributed by atoms with Crippen molar-refractivity contribution in [2.24, 2.45) is 0 Å². The van der Waals surface area contributed by atoms with E-state index in [-0.39, 0.29) is 11.7 Å². The highest BCUT2D eigenvalue weighted by atomic mass is 35.5. The summed E-state index contributed by atoms with van der Waals surface area (Å²) in [4.78, 5) is 25.1. The van der Waals surface area contributed by atoms with Gasteiger partial charge in [0, 0.05) is 5.02 Å². The molecular weight excluding hydrogens is 274 g/mol. The average molecular weight is 292 g/mol. The second-order valence-corrected chi connectivity index (χ2v) is 6.36. The zero-order valence-electron chi connectivity index (χ0n) is 11.5. The number of hydrogen-bond donors (Lipinski definition) is 1. The fourth-order valence-corrected chi connectivity index (χ4v) is 3.69. The van der Waals surface area contributed by atoms with Crippen molar-refractivity contribution in [3.8, 4) is 0 Å². The summed E-state index contributed by atoms with van der Waals surface area (Å²) in [5.74, 6) is -0.917. The predicted molar refractivity (Wildman–Crippen MR) is 77.9 cm³/mol. The fraction of sp³-hybridized carbons (Fsp3) is 0.500. The van der Waals surface area contributed by atoms with Crippen molar-refractivity contribution < 1.29 is 9.59 Å². The largest absolute Gasteiger partial charge is 0.343 e. The van der Waals surface area contributed by atoms with Gasteiger partial charge in [-0.3, -0.25) is 9.59 Å². The van der Waals surface area contributed by atoms with Gasteiger partial charge in [-0.15, -0.1) is 0 Å². The third-order valence-corrected chi connectivity index (χ3v) is 4.87. The van der Waals surface area contributed by atoms with Crippen LogP contribution in [-0.4, -0.2) is 17.2 Å². The maximum absolute atomic E-state index is 12.8. The van der Waals surface area contributed by atoms with Gasteiger partial charge < -0.3 is 5.32 Å². The van der Waals surface area contributed by atoms with Crippen molar-refractivity contribution in [1.82, 2.24) is 5.32 Å². The molecule has 0 aromatic heterocycles. The molecule has 1 spiro atoms. The Labute approximate surface area is 123 Å². The van der Waals surface area contributed by atoms with Crippen molar-refractivity contribution in [3.63, 3.8) is 0 Å². The lowest BCUT2D eigenvalue weighted by Crippen LogP contribution is -2.47. The lowest BCUT2D eigenvalue weighted by molar-refractivity contribution is -0.125. The molecule has 3 rings (SSSR count). The quantitative estimate of drug-likeness (QED) is 0.808. The molecule has 20 heavy (non-hydrogen) atoms. The van der Waals surface area contributed by atoms with Crippen LogP contribution < -0.4 is 5.32 Å². The summed E-state index contributed by atoms with van der Waals surface area (Å²) in [7, 11) is 0. The highest BCUT2D eigenvalue weighted by Crippen LogP contribution is 2.40. The number of rotatable bonds is 1. The number of carbonyl (C=O) groups is 2. The molecule has 1 aromatic rings. The number of Topliss-reactive ketones (excluding diaryl/α,β-unsaturated/α-hetero) is 1. The predicted octanol–water partition coefficient (Wildman–Crippen LogP) is 3.13. The Hall–Kier alpha value is -1.35. The minimum absolute atomic E-state index is 0.00898. The van der Waals surface area contributed by atoms with Crippen LogP contribution in [0.4, 0.5) is 0 Å². The number of ketones is 1. The standard InChI is InChI=1S/C16H18ClNO2/c1-10-5-6-12(17)11(9-10)13-14(19)16(18-15(13)20)7-3-2-4-8-16/h5-6,9,13H,2-4,7-8H2,1H3,(H,18,20). The van der Waals surface area contributed by atoms with Crippen LogP contribution in [0.1, 0.15) is 49.1 Å². The van der Waals surface area contributed by atoms with E-state index in [9.17, 15) is 9.59 Å². The maximum Gasteiger partial charge on any atom is 0.236 e. The first-order valence-corrected chi connectivity index (χ1v) is 7.54. The molecule has 1 atom stereocenters. The van der Waals surface area contributed by atoms with Gasteiger partial charge in [0.25, 0.3) is 0 Å². The molecule has 0 radical (unpaired) electrons. The lowest BCUT2D eigenvalue weighted by Gasteiger charge is -2.31. The van der Waals surface area contributed by atoms with Crippen LogP contribution >= 0.6 is 11.6 Å². The number of benzene rings is 1. The number of amides is 1. The summed E-state index contributed by atoms with van der Waals surface area (Å²) in [6.07, 6.45) is 4.66. The van der Waals surface area contributed by atoms with Gasteiger partial charge in [-0.2, -0.15) is 0 Å². The van der Waals surface area contributed by atoms with Crippen LogP contribution in [0.3, 0.4) is 0 Å². The molecule has 2 fully saturated rings. The molecule has 3 nitrogen and oxygen atoms in total. The first-order chi connectivity index (χ1) is 9.53. The van der Waals surface area contributed by atoms with Gasteiger partial charge in [0.05, 0.1) is 5.54 Å². The van der Waals surface area contributed by atoms with Crippen LogP contribution in [0, 0.1) is 6.92 Å². The summed E-state index contributed by atoms with van der Waals surface area (Å²) in [6, 6.07) is 5.50. The maximum atomic E-state index is 12.8. The van der Waals surface area contributed by atoms with E-state index in [4.69, 9.17) is 11.6 Å². The summed E-state index contributed by atoms with van der Waals surface area (Å²) >= 11 is 6.20. The topological polar surface area (TPSA) is 46.2 Å². The normalized spacial score (nSPS) is 25.0. The van der Waals surface area contributed by atoms with Gasteiger partial charge in [0.15, 0.2) is 5.78 Å². The molecule has 1 saturated heterocycles. The lowest BCUT2D eigenvalue weighted by atomic mass is 9.77. The van der Waals surface area contributed by atoms with Crippen LogP contribution in [0.2, 0.25) is 5.02 Å². The Morgan fingerprint density at radius 2 is 1.90 bits per heavy atom. The second kappa shape index (κ2) is 4.88. The van der Waals surface area contributed by atoms with E-state index < -0.39 is 11.5 Å². The van der Waals surface area contributed by atoms with Crippen molar-refractivity contribution >= 4 is 23.3 Å². The highest BCUT2D eigenvalue weighted by Gasteiger charge is 2.53. The molecule has 2 aliphatic rings. The molecule has 1 saturated carbocycles. The molecule has 1 unspecified atom stereocenters. The van der Waals surface area contributed by atoms with Gasteiger partial charge in [-0.05, 0) is 31.4 Å². The van der Waals surface area contributed by atoms with Gasteiger partial charge in [-0.1, -0.05) is 48.6 Å². The summed E-state index contributed by atoms with van der Waals surface area (Å²) in [6.45, 7) is 1.94. The van der Waals surface area contributed by atoms with E-state index in [1.807, 2.05) is 19.1 Å². The monoisotopic (exact) mass is 291 g/mol. The van der Waals surface area contributed by atoms with Gasteiger partial charge in [0.2, 0.25) is 5.91 Å². The Bertz CT molecular complexity index is 576. The minimum atomic E-state index is -0.736. The van der Waals surface area contributed by atoms with Gasteiger partial charge in [-0.25, -0.2) is 0 Å². The van der Waals surface area contributed by atoms with Crippen LogP contribution in [0.25, 0.3) is 0 Å². The van der Waals surface area contributed by atoms with Gasteiger partial charge in [0.1, 0.15) is 5.92 Å². The number of nitrogens with one attached hydrogen (secondary N) is 1. The van der Waals surface area contributed by atoms with E-state index in [1.54, 1.807) is 6.07 Å². The molecule has 1 heterocycles. The summed E-state index contributed by atoms with van der Waals surface area (Å²) in [5.41, 5.74) is 1.03. The Morgan fingerprint density at radius 1 is 1.20 bits per heavy atom. The molecule has 1 amide bonds. The molecule has 4 heteroatoms. The van der Waals surface area contributed by atoms with E-state index in [0.29, 0.717) is 10.6 Å². The summed E-state index contributed by atoms with van der Waals surface area (Å²) < 4.78 is 0. The van der Waals surface area contributed by atoms with Crippen molar-refractivity contribution in [2.45, 2.75) is 50.5 Å². The molecular formula is C16H18ClNO2. The Balaban J connectivity index is 2.00. The van der Waals surface area contributed by atoms with Crippen molar-refractivity contribution in [1.29, 1.82) is 0 Å². The number of aryl methyl sites for hydroxylation is 1. The molecule has 1 aliphatic carbocycles. The summed E-state index contributed by atoms with van der Waals surface area (Å²) in [5, 5.41) is 3.46. The first kappa shape index (κ1) is 13.6. The smallest absolute Gasteiger partial charge is 0.236 e. The Morgan fingerprint density at radius 3 is 2.60 bits per heavy atom. The zero-order valence-corrected chi connectivity index (χ0v) is 12.3. The van der Waals surface area contributed by atoms with E-state index in [0.717, 1.165) is 37.7 Å². The van der Waals surface area contributed by atoms with E-state index in [1.165, 1.54) is 0 Å². The van der Waals surface area contributed by atoms with E-state index in [2.05, 4.69) is 5.32 Å². The molecule has 0 bridgehead atoms. The van der Waals surface area contributed by atoms with Crippen LogP contribution in [0.5, 0.6) is 0 Å². The van der Waals surface area contributed by atoms with E-state index >= 15 is 0 Å². The SMILES string of the molecule is Cc1ccc(Cl)c(C2C(=O)NC3(CCCCC3)C2=O)c1. The first-order valence-electron chi connectivity index (χ1n) is 7.16. The van der Waals surface area contributed by atoms with Crippen molar-refractivity contribution in [3.05, 3.63) is 34.3 Å². The second-order valence-electron chi connectivity index (χ2n) is 5.95. The Kier molecular flexibility index (Phi) is 3.33. The fourth-order valence-electron chi connectivity index (χ4n) is 3.46. The molecule has 1 N–H and O–H groups in total. The molecule has 106 valence electrons. The minimum Gasteiger partial charge on any atom is -0.343 e. The van der Waals surface area contributed by atoms with Gasteiger partial charge >= 0.3 is 0 Å². The third-order valence-electron chi connectivity index (χ3n) is 4.53. The molecule has 1 aliphatic heterocycles.